The Balaban J connectivity index is 1.79. The van der Waals surface area contributed by atoms with E-state index in [0.717, 1.165) is 28.2 Å². The van der Waals surface area contributed by atoms with Crippen molar-refractivity contribution in [1.29, 1.82) is 0 Å². The Hall–Kier alpha value is -3.54. The second-order valence-electron chi connectivity index (χ2n) is 6.45. The minimum atomic E-state index is -0.268. The molecule has 1 aromatic heterocycles. The van der Waals surface area contributed by atoms with E-state index in [0.29, 0.717) is 17.2 Å². The summed E-state index contributed by atoms with van der Waals surface area (Å²) in [5.41, 5.74) is 4.73. The Morgan fingerprint density at radius 2 is 1.64 bits per heavy atom. The highest BCUT2D eigenvalue weighted by Gasteiger charge is 2.11. The van der Waals surface area contributed by atoms with Crippen LogP contribution in [0.5, 0.6) is 11.5 Å². The van der Waals surface area contributed by atoms with Crippen LogP contribution >= 0.6 is 0 Å². The summed E-state index contributed by atoms with van der Waals surface area (Å²) in [6.45, 7) is 3.99. The summed E-state index contributed by atoms with van der Waals surface area (Å²) in [5.74, 6) is 1.07. The molecule has 0 unspecified atom stereocenters. The third-order valence-corrected chi connectivity index (χ3v) is 4.16. The number of rotatable bonds is 6. The van der Waals surface area contributed by atoms with E-state index in [1.165, 1.54) is 0 Å². The first-order valence-corrected chi connectivity index (χ1v) is 8.83. The van der Waals surface area contributed by atoms with Crippen molar-refractivity contribution in [2.45, 2.75) is 13.8 Å². The molecule has 0 fully saturated rings. The molecule has 6 nitrogen and oxygen atoms in total. The molecule has 2 N–H and O–H groups in total. The molecule has 0 saturated carbocycles. The van der Waals surface area contributed by atoms with Gasteiger partial charge in [0.15, 0.2) is 0 Å². The lowest BCUT2D eigenvalue weighted by atomic mass is 10.1. The minimum absolute atomic E-state index is 0.268. The van der Waals surface area contributed by atoms with Crippen molar-refractivity contribution in [2.24, 2.45) is 0 Å². The van der Waals surface area contributed by atoms with Gasteiger partial charge in [-0.15, -0.1) is 0 Å². The molecule has 3 aromatic rings. The second kappa shape index (κ2) is 8.43. The minimum Gasteiger partial charge on any atom is -0.497 e. The van der Waals surface area contributed by atoms with E-state index in [-0.39, 0.29) is 5.91 Å². The predicted molar refractivity (Wildman–Crippen MR) is 111 cm³/mol. The number of aryl methyl sites for hydroxylation is 2. The number of carbonyl (C=O) groups excluding carboxylic acids is 1. The highest BCUT2D eigenvalue weighted by Crippen LogP contribution is 2.31. The van der Waals surface area contributed by atoms with Gasteiger partial charge in [0.25, 0.3) is 5.91 Å². The van der Waals surface area contributed by atoms with Crippen LogP contribution in [0.15, 0.2) is 54.7 Å². The van der Waals surface area contributed by atoms with Crippen LogP contribution in [0.3, 0.4) is 0 Å². The van der Waals surface area contributed by atoms with E-state index in [4.69, 9.17) is 9.47 Å². The Morgan fingerprint density at radius 3 is 2.32 bits per heavy atom. The third kappa shape index (κ3) is 4.59. The molecule has 0 spiro atoms. The van der Waals surface area contributed by atoms with Crippen molar-refractivity contribution in [3.63, 3.8) is 0 Å². The van der Waals surface area contributed by atoms with Crippen LogP contribution in [-0.2, 0) is 0 Å². The van der Waals surface area contributed by atoms with Gasteiger partial charge in [-0.3, -0.25) is 9.78 Å². The maximum Gasteiger partial charge on any atom is 0.274 e. The topological polar surface area (TPSA) is 72.5 Å². The zero-order valence-corrected chi connectivity index (χ0v) is 16.4. The molecule has 144 valence electrons. The van der Waals surface area contributed by atoms with Crippen LogP contribution in [0.4, 0.5) is 17.1 Å². The summed E-state index contributed by atoms with van der Waals surface area (Å²) in [4.78, 5) is 16.8. The molecular formula is C22H23N3O3. The SMILES string of the molecule is COc1ccc(Nc2ccnc(C(=O)Nc3cc(C)cc(C)c3)c2)c(OC)c1. The van der Waals surface area contributed by atoms with Crippen LogP contribution in [0.1, 0.15) is 21.6 Å². The molecule has 0 atom stereocenters. The first kappa shape index (κ1) is 19.2. The fourth-order valence-electron chi connectivity index (χ4n) is 2.93. The molecule has 0 bridgehead atoms. The number of pyridine rings is 1. The number of hydrogen-bond acceptors (Lipinski definition) is 5. The molecule has 1 heterocycles. The van der Waals surface area contributed by atoms with Crippen LogP contribution in [0, 0.1) is 13.8 Å². The average Bonchev–Trinajstić information content (AvgIpc) is 2.67. The van der Waals surface area contributed by atoms with Gasteiger partial charge in [-0.25, -0.2) is 0 Å². The summed E-state index contributed by atoms with van der Waals surface area (Å²) >= 11 is 0. The fraction of sp³-hybridized carbons (Fsp3) is 0.182. The number of anilines is 3. The van der Waals surface area contributed by atoms with E-state index >= 15 is 0 Å². The van der Waals surface area contributed by atoms with Crippen molar-refractivity contribution in [3.05, 3.63) is 71.5 Å². The number of nitrogens with zero attached hydrogens (tertiary/aromatic N) is 1. The lowest BCUT2D eigenvalue weighted by Gasteiger charge is -2.13. The maximum absolute atomic E-state index is 12.6. The maximum atomic E-state index is 12.6. The van der Waals surface area contributed by atoms with Crippen molar-refractivity contribution in [3.8, 4) is 11.5 Å². The number of nitrogens with one attached hydrogen (secondary N) is 2. The van der Waals surface area contributed by atoms with E-state index in [1.807, 2.05) is 38.1 Å². The highest BCUT2D eigenvalue weighted by molar-refractivity contribution is 6.03. The van der Waals surface area contributed by atoms with Gasteiger partial charge in [-0.2, -0.15) is 0 Å². The van der Waals surface area contributed by atoms with Gasteiger partial charge in [0.2, 0.25) is 0 Å². The van der Waals surface area contributed by atoms with E-state index in [1.54, 1.807) is 38.6 Å². The van der Waals surface area contributed by atoms with Crippen molar-refractivity contribution in [1.82, 2.24) is 4.98 Å². The fourth-order valence-corrected chi connectivity index (χ4v) is 2.93. The quantitative estimate of drug-likeness (QED) is 0.651. The summed E-state index contributed by atoms with van der Waals surface area (Å²) in [6.07, 6.45) is 1.59. The summed E-state index contributed by atoms with van der Waals surface area (Å²) in [6, 6.07) is 14.9. The van der Waals surface area contributed by atoms with Crippen molar-refractivity contribution >= 4 is 23.0 Å². The monoisotopic (exact) mass is 377 g/mol. The summed E-state index contributed by atoms with van der Waals surface area (Å²) in [5, 5.41) is 6.15. The van der Waals surface area contributed by atoms with Gasteiger partial charge in [0.05, 0.1) is 19.9 Å². The molecule has 0 radical (unpaired) electrons. The van der Waals surface area contributed by atoms with Crippen LogP contribution in [0.25, 0.3) is 0 Å². The van der Waals surface area contributed by atoms with E-state index in [9.17, 15) is 4.79 Å². The highest BCUT2D eigenvalue weighted by atomic mass is 16.5. The Kier molecular flexibility index (Phi) is 5.79. The Morgan fingerprint density at radius 1 is 0.893 bits per heavy atom. The summed E-state index contributed by atoms with van der Waals surface area (Å²) in [7, 11) is 3.20. The number of ether oxygens (including phenoxy) is 2. The number of benzene rings is 2. The van der Waals surface area contributed by atoms with Gasteiger partial charge in [-0.05, 0) is 61.4 Å². The molecule has 0 aliphatic rings. The zero-order valence-electron chi connectivity index (χ0n) is 16.4. The van der Waals surface area contributed by atoms with Gasteiger partial charge in [0, 0.05) is 23.6 Å². The molecule has 28 heavy (non-hydrogen) atoms. The molecule has 0 saturated heterocycles. The van der Waals surface area contributed by atoms with Gasteiger partial charge >= 0.3 is 0 Å². The number of carbonyl (C=O) groups is 1. The van der Waals surface area contributed by atoms with Gasteiger partial charge in [0.1, 0.15) is 17.2 Å². The number of hydrogen-bond donors (Lipinski definition) is 2. The normalized spacial score (nSPS) is 10.3. The van der Waals surface area contributed by atoms with Gasteiger partial charge < -0.3 is 20.1 Å². The van der Waals surface area contributed by atoms with Gasteiger partial charge in [-0.1, -0.05) is 6.07 Å². The van der Waals surface area contributed by atoms with Crippen LogP contribution in [0.2, 0.25) is 0 Å². The number of amides is 1. The largest absolute Gasteiger partial charge is 0.497 e. The standard InChI is InChI=1S/C22H23N3O3/c1-14-9-15(2)11-17(10-14)25-22(26)20-12-16(7-8-23-20)24-19-6-5-18(27-3)13-21(19)28-4/h5-13H,1-4H3,(H,23,24)(H,25,26). The molecule has 0 aliphatic heterocycles. The molecule has 0 aliphatic carbocycles. The molecular weight excluding hydrogens is 354 g/mol. The predicted octanol–water partition coefficient (Wildman–Crippen LogP) is 4.71. The average molecular weight is 377 g/mol. The zero-order chi connectivity index (χ0) is 20.1. The van der Waals surface area contributed by atoms with Crippen LogP contribution < -0.4 is 20.1 Å². The number of aromatic nitrogens is 1. The lowest BCUT2D eigenvalue weighted by Crippen LogP contribution is -2.14. The van der Waals surface area contributed by atoms with Crippen molar-refractivity contribution < 1.29 is 14.3 Å². The first-order valence-electron chi connectivity index (χ1n) is 8.83. The number of methoxy groups -OCH3 is 2. The van der Waals surface area contributed by atoms with Crippen molar-refractivity contribution in [2.75, 3.05) is 24.9 Å². The molecule has 1 amide bonds. The molecule has 6 heteroatoms. The van der Waals surface area contributed by atoms with E-state index in [2.05, 4.69) is 21.7 Å². The van der Waals surface area contributed by atoms with Crippen LogP contribution in [-0.4, -0.2) is 25.1 Å². The lowest BCUT2D eigenvalue weighted by molar-refractivity contribution is 0.102. The second-order valence-corrected chi connectivity index (χ2v) is 6.45. The smallest absolute Gasteiger partial charge is 0.274 e. The Bertz CT molecular complexity index is 982. The third-order valence-electron chi connectivity index (χ3n) is 4.16. The first-order chi connectivity index (χ1) is 13.5. The van der Waals surface area contributed by atoms with E-state index < -0.39 is 0 Å². The summed E-state index contributed by atoms with van der Waals surface area (Å²) < 4.78 is 10.6. The Labute approximate surface area is 164 Å². The molecule has 3 rings (SSSR count). The molecule has 2 aromatic carbocycles.